The standard InChI is InChI=1S/C9H16.C6H8O2.C4H8O/c1-2-7-3-4-8-6-9(8)5-7;1-2-4-5(7)3-6(4)8;1-2-4-3-5-4/h7-9H,2-6H2,1H3;4H,2-3H2,1H3;4H,2-3H2,1H3. The highest BCUT2D eigenvalue weighted by Gasteiger charge is 2.41. The summed E-state index contributed by atoms with van der Waals surface area (Å²) in [5.74, 6) is 3.50. The van der Waals surface area contributed by atoms with Crippen molar-refractivity contribution >= 4 is 11.6 Å². The summed E-state index contributed by atoms with van der Waals surface area (Å²) in [7, 11) is 0. The van der Waals surface area contributed by atoms with Gasteiger partial charge in [0.1, 0.15) is 0 Å². The van der Waals surface area contributed by atoms with E-state index in [1.165, 1.54) is 31.1 Å². The smallest absolute Gasteiger partial charge is 0.150 e. The maximum Gasteiger partial charge on any atom is 0.150 e. The molecule has 4 fully saturated rings. The number of carbonyl (C=O) groups is 2. The molecule has 22 heavy (non-hydrogen) atoms. The summed E-state index contributed by atoms with van der Waals surface area (Å²) in [6.07, 6.45) is 10.4. The predicted molar refractivity (Wildman–Crippen MR) is 87.7 cm³/mol. The number of fused-ring (bicyclic) bond motifs is 1. The van der Waals surface area contributed by atoms with Gasteiger partial charge in [-0.1, -0.05) is 33.6 Å². The molecule has 0 amide bonds. The molecule has 0 aromatic rings. The molecule has 0 aromatic carbocycles. The lowest BCUT2D eigenvalue weighted by Crippen LogP contribution is -2.36. The van der Waals surface area contributed by atoms with Crippen LogP contribution in [0, 0.1) is 23.7 Å². The molecule has 0 spiro atoms. The average molecular weight is 308 g/mol. The van der Waals surface area contributed by atoms with E-state index in [0.29, 0.717) is 12.5 Å². The van der Waals surface area contributed by atoms with E-state index in [9.17, 15) is 9.59 Å². The first-order chi connectivity index (χ1) is 10.6. The summed E-state index contributed by atoms with van der Waals surface area (Å²) in [6.45, 7) is 7.35. The van der Waals surface area contributed by atoms with Gasteiger partial charge in [-0.15, -0.1) is 0 Å². The molecule has 1 heterocycles. The van der Waals surface area contributed by atoms with Gasteiger partial charge < -0.3 is 4.74 Å². The zero-order valence-electron chi connectivity index (χ0n) is 14.5. The summed E-state index contributed by atoms with van der Waals surface area (Å²) in [4.78, 5) is 20.9. The number of ether oxygens (including phenoxy) is 1. The highest BCUT2D eigenvalue weighted by molar-refractivity contribution is 6.20. The Morgan fingerprint density at radius 2 is 1.59 bits per heavy atom. The quantitative estimate of drug-likeness (QED) is 0.580. The third-order valence-electron chi connectivity index (χ3n) is 5.62. The monoisotopic (exact) mass is 308 g/mol. The van der Waals surface area contributed by atoms with Crippen LogP contribution in [-0.4, -0.2) is 24.3 Å². The Kier molecular flexibility index (Phi) is 6.61. The van der Waals surface area contributed by atoms with Crippen LogP contribution in [0.1, 0.15) is 72.1 Å². The van der Waals surface area contributed by atoms with Crippen LogP contribution in [0.4, 0.5) is 0 Å². The molecule has 4 aliphatic rings. The second-order valence-corrected chi connectivity index (χ2v) is 7.28. The van der Waals surface area contributed by atoms with Crippen LogP contribution in [0.2, 0.25) is 0 Å². The summed E-state index contributed by atoms with van der Waals surface area (Å²) < 4.78 is 4.86. The Balaban J connectivity index is 0.000000125. The van der Waals surface area contributed by atoms with E-state index in [-0.39, 0.29) is 23.9 Å². The number of carbonyl (C=O) groups excluding carboxylic acids is 2. The van der Waals surface area contributed by atoms with Crippen LogP contribution in [0.3, 0.4) is 0 Å². The van der Waals surface area contributed by atoms with Crippen molar-refractivity contribution in [1.29, 1.82) is 0 Å². The third kappa shape index (κ3) is 5.19. The molecule has 1 aliphatic heterocycles. The fourth-order valence-electron chi connectivity index (χ4n) is 3.54. The Morgan fingerprint density at radius 1 is 0.909 bits per heavy atom. The van der Waals surface area contributed by atoms with Crippen LogP contribution >= 0.6 is 0 Å². The molecule has 4 rings (SSSR count). The molecule has 3 aliphatic carbocycles. The molecule has 0 bridgehead atoms. The molecule has 4 atom stereocenters. The summed E-state index contributed by atoms with van der Waals surface area (Å²) in [5.41, 5.74) is 0. The van der Waals surface area contributed by atoms with Crippen molar-refractivity contribution in [2.75, 3.05) is 6.61 Å². The number of epoxide rings is 1. The van der Waals surface area contributed by atoms with Crippen LogP contribution in [0.15, 0.2) is 0 Å². The largest absolute Gasteiger partial charge is 0.373 e. The molecular weight excluding hydrogens is 276 g/mol. The van der Waals surface area contributed by atoms with Crippen molar-refractivity contribution in [3.8, 4) is 0 Å². The van der Waals surface area contributed by atoms with Crippen molar-refractivity contribution in [3.05, 3.63) is 0 Å². The molecular formula is C19H32O3. The van der Waals surface area contributed by atoms with E-state index in [1.54, 1.807) is 19.3 Å². The highest BCUT2D eigenvalue weighted by atomic mass is 16.6. The van der Waals surface area contributed by atoms with Crippen molar-refractivity contribution < 1.29 is 14.3 Å². The van der Waals surface area contributed by atoms with Gasteiger partial charge in [-0.05, 0) is 49.9 Å². The minimum Gasteiger partial charge on any atom is -0.373 e. The van der Waals surface area contributed by atoms with Gasteiger partial charge in [-0.3, -0.25) is 9.59 Å². The van der Waals surface area contributed by atoms with E-state index in [4.69, 9.17) is 4.74 Å². The van der Waals surface area contributed by atoms with Gasteiger partial charge in [0.05, 0.1) is 25.0 Å². The van der Waals surface area contributed by atoms with E-state index < -0.39 is 0 Å². The van der Waals surface area contributed by atoms with Gasteiger partial charge in [0.25, 0.3) is 0 Å². The molecule has 126 valence electrons. The Labute approximate surface area is 135 Å². The van der Waals surface area contributed by atoms with Crippen LogP contribution in [0.5, 0.6) is 0 Å². The van der Waals surface area contributed by atoms with Crippen molar-refractivity contribution in [1.82, 2.24) is 0 Å². The topological polar surface area (TPSA) is 46.7 Å². The SMILES string of the molecule is CCC1C(=O)CC1=O.CCC1CCC2CC2C1.CCC1CO1. The Bertz CT molecular complexity index is 372. The number of hydrogen-bond acceptors (Lipinski definition) is 3. The third-order valence-corrected chi connectivity index (χ3v) is 5.62. The van der Waals surface area contributed by atoms with E-state index in [2.05, 4.69) is 13.8 Å². The second-order valence-electron chi connectivity index (χ2n) is 7.28. The zero-order chi connectivity index (χ0) is 16.1. The van der Waals surface area contributed by atoms with Crippen LogP contribution in [0.25, 0.3) is 0 Å². The lowest BCUT2D eigenvalue weighted by Gasteiger charge is -2.19. The lowest BCUT2D eigenvalue weighted by molar-refractivity contribution is -0.143. The first kappa shape index (κ1) is 17.7. The molecule has 1 saturated heterocycles. The van der Waals surface area contributed by atoms with Gasteiger partial charge >= 0.3 is 0 Å². The number of ketones is 2. The maximum atomic E-state index is 10.5. The minimum atomic E-state index is -0.227. The van der Waals surface area contributed by atoms with Crippen molar-refractivity contribution in [2.45, 2.75) is 78.2 Å². The summed E-state index contributed by atoms with van der Waals surface area (Å²) >= 11 is 0. The Hall–Kier alpha value is -0.700. The normalized spacial score (nSPS) is 35.2. The molecule has 3 nitrogen and oxygen atoms in total. The summed E-state index contributed by atoms with van der Waals surface area (Å²) in [6, 6.07) is 0. The molecule has 0 radical (unpaired) electrons. The second kappa shape index (κ2) is 8.24. The summed E-state index contributed by atoms with van der Waals surface area (Å²) in [5, 5.41) is 0. The average Bonchev–Trinajstić information content (AvgIpc) is 3.41. The Morgan fingerprint density at radius 3 is 1.91 bits per heavy atom. The number of hydrogen-bond donors (Lipinski definition) is 0. The molecule has 3 heteroatoms. The van der Waals surface area contributed by atoms with Crippen molar-refractivity contribution in [3.63, 3.8) is 0 Å². The van der Waals surface area contributed by atoms with E-state index in [1.807, 2.05) is 6.92 Å². The minimum absolute atomic E-state index is 0.123. The number of Topliss-reactive ketones (excluding diaryl/α,β-unsaturated/α-hetero) is 2. The van der Waals surface area contributed by atoms with Gasteiger partial charge in [0, 0.05) is 0 Å². The molecule has 4 unspecified atom stereocenters. The van der Waals surface area contributed by atoms with Gasteiger partial charge in [0.2, 0.25) is 0 Å². The molecule has 0 aromatic heterocycles. The lowest BCUT2D eigenvalue weighted by atomic mass is 9.80. The zero-order valence-corrected chi connectivity index (χ0v) is 14.5. The predicted octanol–water partition coefficient (Wildman–Crippen LogP) is 4.18. The maximum absolute atomic E-state index is 10.5. The van der Waals surface area contributed by atoms with Gasteiger partial charge in [0.15, 0.2) is 11.6 Å². The van der Waals surface area contributed by atoms with E-state index >= 15 is 0 Å². The number of rotatable bonds is 3. The van der Waals surface area contributed by atoms with E-state index in [0.717, 1.165) is 12.5 Å². The molecule has 3 saturated carbocycles. The van der Waals surface area contributed by atoms with Crippen LogP contribution in [-0.2, 0) is 14.3 Å². The highest BCUT2D eigenvalue weighted by Crippen LogP contribution is 2.51. The molecule has 0 N–H and O–H groups in total. The van der Waals surface area contributed by atoms with Gasteiger partial charge in [-0.25, -0.2) is 0 Å². The van der Waals surface area contributed by atoms with Crippen LogP contribution < -0.4 is 0 Å². The van der Waals surface area contributed by atoms with Gasteiger partial charge in [-0.2, -0.15) is 0 Å². The first-order valence-electron chi connectivity index (χ1n) is 9.25. The fourth-order valence-corrected chi connectivity index (χ4v) is 3.54. The first-order valence-corrected chi connectivity index (χ1v) is 9.25. The fraction of sp³-hybridized carbons (Fsp3) is 0.895. The van der Waals surface area contributed by atoms with Crippen molar-refractivity contribution in [2.24, 2.45) is 23.7 Å².